The van der Waals surface area contributed by atoms with Crippen molar-refractivity contribution in [3.05, 3.63) is 40.7 Å². The molecule has 1 aliphatic heterocycles. The van der Waals surface area contributed by atoms with E-state index in [1.54, 1.807) is 17.0 Å². The summed E-state index contributed by atoms with van der Waals surface area (Å²) in [5, 5.41) is 11.9. The second-order valence-electron chi connectivity index (χ2n) is 5.65. The van der Waals surface area contributed by atoms with Gasteiger partial charge in [0.2, 0.25) is 16.9 Å². The second kappa shape index (κ2) is 7.04. The molecule has 126 valence electrons. The van der Waals surface area contributed by atoms with Crippen LogP contribution in [0.1, 0.15) is 23.9 Å². The van der Waals surface area contributed by atoms with Gasteiger partial charge in [0.25, 0.3) is 0 Å². The highest BCUT2D eigenvalue weighted by Crippen LogP contribution is 2.23. The van der Waals surface area contributed by atoms with E-state index < -0.39 is 5.92 Å². The summed E-state index contributed by atoms with van der Waals surface area (Å²) in [6.07, 6.45) is 0.938. The first-order valence-electron chi connectivity index (χ1n) is 7.70. The molecule has 1 N–H and O–H groups in total. The van der Waals surface area contributed by atoms with Gasteiger partial charge in [-0.2, -0.15) is 0 Å². The third-order valence-corrected chi connectivity index (χ3v) is 4.85. The van der Waals surface area contributed by atoms with Gasteiger partial charge in [0.1, 0.15) is 10.8 Å². The quantitative estimate of drug-likeness (QED) is 0.899. The molecule has 24 heavy (non-hydrogen) atoms. The predicted molar refractivity (Wildman–Crippen MR) is 87.8 cm³/mol. The molecule has 0 aliphatic carbocycles. The maximum absolute atomic E-state index is 12.9. The van der Waals surface area contributed by atoms with Crippen LogP contribution in [0.3, 0.4) is 0 Å². The number of carbonyl (C=O) groups excluding carboxylic acids is 2. The summed E-state index contributed by atoms with van der Waals surface area (Å²) in [4.78, 5) is 26.0. The van der Waals surface area contributed by atoms with Gasteiger partial charge in [0.05, 0.1) is 5.92 Å². The molecule has 1 atom stereocenters. The lowest BCUT2D eigenvalue weighted by Gasteiger charge is -2.16. The van der Waals surface area contributed by atoms with Crippen LogP contribution in [0.15, 0.2) is 24.3 Å². The van der Waals surface area contributed by atoms with E-state index in [1.165, 1.54) is 23.5 Å². The number of aromatic nitrogens is 2. The number of carbonyl (C=O) groups is 2. The Morgan fingerprint density at radius 1 is 1.38 bits per heavy atom. The lowest BCUT2D eigenvalue weighted by atomic mass is 10.1. The normalized spacial score (nSPS) is 17.3. The summed E-state index contributed by atoms with van der Waals surface area (Å²) in [6.45, 7) is 2.69. The van der Waals surface area contributed by atoms with Gasteiger partial charge in [-0.05, 0) is 24.1 Å². The fourth-order valence-corrected chi connectivity index (χ4v) is 3.25. The molecule has 0 saturated carbocycles. The minimum atomic E-state index is -0.410. The van der Waals surface area contributed by atoms with Crippen LogP contribution in [-0.4, -0.2) is 33.5 Å². The largest absolute Gasteiger partial charge is 0.338 e. The van der Waals surface area contributed by atoms with Crippen LogP contribution < -0.4 is 5.32 Å². The Morgan fingerprint density at radius 3 is 2.79 bits per heavy atom. The van der Waals surface area contributed by atoms with Gasteiger partial charge in [0, 0.05) is 19.5 Å². The first kappa shape index (κ1) is 16.5. The van der Waals surface area contributed by atoms with Crippen molar-refractivity contribution >= 4 is 28.3 Å². The standard InChI is InChI=1S/C16H17FN4O2S/c1-2-13-19-20-16(24-13)18-15(23)11-7-14(22)21(9-11)8-10-3-5-12(17)6-4-10/h3-6,11H,2,7-9H2,1H3,(H,18,20,23)/t11-/m0/s1. The molecule has 2 amide bonds. The second-order valence-corrected chi connectivity index (χ2v) is 6.71. The van der Waals surface area contributed by atoms with Crippen molar-refractivity contribution < 1.29 is 14.0 Å². The van der Waals surface area contributed by atoms with Gasteiger partial charge >= 0.3 is 0 Å². The lowest BCUT2D eigenvalue weighted by molar-refractivity contribution is -0.128. The van der Waals surface area contributed by atoms with Gasteiger partial charge in [-0.3, -0.25) is 9.59 Å². The van der Waals surface area contributed by atoms with Crippen LogP contribution in [0.2, 0.25) is 0 Å². The summed E-state index contributed by atoms with van der Waals surface area (Å²) >= 11 is 1.34. The molecule has 8 heteroatoms. The number of rotatable bonds is 5. The summed E-state index contributed by atoms with van der Waals surface area (Å²) in [6, 6.07) is 6.01. The molecule has 2 heterocycles. The van der Waals surface area contributed by atoms with Gasteiger partial charge in [-0.15, -0.1) is 10.2 Å². The van der Waals surface area contributed by atoms with E-state index in [-0.39, 0.29) is 24.1 Å². The van der Waals surface area contributed by atoms with E-state index in [0.29, 0.717) is 18.2 Å². The summed E-state index contributed by atoms with van der Waals surface area (Å²) < 4.78 is 12.9. The van der Waals surface area contributed by atoms with Crippen LogP contribution >= 0.6 is 11.3 Å². The van der Waals surface area contributed by atoms with E-state index in [4.69, 9.17) is 0 Å². The molecule has 1 fully saturated rings. The van der Waals surface area contributed by atoms with Crippen molar-refractivity contribution in [1.82, 2.24) is 15.1 Å². The number of anilines is 1. The van der Waals surface area contributed by atoms with Crippen LogP contribution in [0.25, 0.3) is 0 Å². The van der Waals surface area contributed by atoms with Crippen molar-refractivity contribution in [3.63, 3.8) is 0 Å². The Hall–Kier alpha value is -2.35. The Balaban J connectivity index is 1.59. The zero-order chi connectivity index (χ0) is 17.1. The minimum Gasteiger partial charge on any atom is -0.338 e. The maximum Gasteiger partial charge on any atom is 0.231 e. The SMILES string of the molecule is CCc1nnc(NC(=O)[C@H]2CC(=O)N(Cc3ccc(F)cc3)C2)s1. The Bertz CT molecular complexity index is 747. The number of amides is 2. The Labute approximate surface area is 142 Å². The molecule has 6 nitrogen and oxygen atoms in total. The van der Waals surface area contributed by atoms with Gasteiger partial charge in [-0.1, -0.05) is 30.4 Å². The number of nitrogens with zero attached hydrogens (tertiary/aromatic N) is 3. The molecule has 1 saturated heterocycles. The minimum absolute atomic E-state index is 0.0778. The van der Waals surface area contributed by atoms with Crippen LogP contribution in [-0.2, 0) is 22.6 Å². The highest BCUT2D eigenvalue weighted by atomic mass is 32.1. The molecule has 1 aliphatic rings. The van der Waals surface area contributed by atoms with E-state index in [0.717, 1.165) is 17.0 Å². The predicted octanol–water partition coefficient (Wildman–Crippen LogP) is 2.23. The first-order valence-corrected chi connectivity index (χ1v) is 8.52. The van der Waals surface area contributed by atoms with Crippen LogP contribution in [0.5, 0.6) is 0 Å². The molecule has 1 aromatic carbocycles. The van der Waals surface area contributed by atoms with Crippen LogP contribution in [0, 0.1) is 11.7 Å². The molecule has 1 aromatic heterocycles. The van der Waals surface area contributed by atoms with Gasteiger partial charge in [0.15, 0.2) is 0 Å². The van der Waals surface area contributed by atoms with Crippen molar-refractivity contribution in [2.75, 3.05) is 11.9 Å². The molecule has 0 unspecified atom stereocenters. The third-order valence-electron chi connectivity index (χ3n) is 3.87. The lowest BCUT2D eigenvalue weighted by Crippen LogP contribution is -2.28. The number of likely N-dealkylation sites (tertiary alicyclic amines) is 1. The Kier molecular flexibility index (Phi) is 4.84. The number of benzene rings is 1. The zero-order valence-electron chi connectivity index (χ0n) is 13.2. The number of hydrogen-bond acceptors (Lipinski definition) is 5. The molecule has 0 bridgehead atoms. The topological polar surface area (TPSA) is 75.2 Å². The number of nitrogens with one attached hydrogen (secondary N) is 1. The van der Waals surface area contributed by atoms with E-state index in [1.807, 2.05) is 6.92 Å². The van der Waals surface area contributed by atoms with Crippen molar-refractivity contribution in [2.24, 2.45) is 5.92 Å². The van der Waals surface area contributed by atoms with Crippen molar-refractivity contribution in [1.29, 1.82) is 0 Å². The van der Waals surface area contributed by atoms with Gasteiger partial charge < -0.3 is 10.2 Å². The molecular weight excluding hydrogens is 331 g/mol. The molecule has 0 radical (unpaired) electrons. The van der Waals surface area contributed by atoms with E-state index >= 15 is 0 Å². The first-order chi connectivity index (χ1) is 11.5. The van der Waals surface area contributed by atoms with Crippen LogP contribution in [0.4, 0.5) is 9.52 Å². The van der Waals surface area contributed by atoms with Crippen molar-refractivity contribution in [3.8, 4) is 0 Å². The highest BCUT2D eigenvalue weighted by molar-refractivity contribution is 7.15. The molecular formula is C16H17FN4O2S. The van der Waals surface area contributed by atoms with E-state index in [9.17, 15) is 14.0 Å². The molecule has 2 aromatic rings. The summed E-state index contributed by atoms with van der Waals surface area (Å²) in [5.74, 6) is -1.02. The third kappa shape index (κ3) is 3.76. The zero-order valence-corrected chi connectivity index (χ0v) is 14.0. The maximum atomic E-state index is 12.9. The molecule has 0 spiro atoms. The van der Waals surface area contributed by atoms with Crippen molar-refractivity contribution in [2.45, 2.75) is 26.3 Å². The summed E-state index contributed by atoms with van der Waals surface area (Å²) in [5.41, 5.74) is 0.836. The highest BCUT2D eigenvalue weighted by Gasteiger charge is 2.34. The summed E-state index contributed by atoms with van der Waals surface area (Å²) in [7, 11) is 0. The average molecular weight is 348 g/mol. The smallest absolute Gasteiger partial charge is 0.231 e. The monoisotopic (exact) mass is 348 g/mol. The van der Waals surface area contributed by atoms with Gasteiger partial charge in [-0.25, -0.2) is 4.39 Å². The average Bonchev–Trinajstić information content (AvgIpc) is 3.16. The number of hydrogen-bond donors (Lipinski definition) is 1. The number of aryl methyl sites for hydroxylation is 1. The fourth-order valence-electron chi connectivity index (χ4n) is 2.57. The number of halogens is 1. The Morgan fingerprint density at radius 2 is 2.12 bits per heavy atom. The van der Waals surface area contributed by atoms with E-state index in [2.05, 4.69) is 15.5 Å². The molecule has 3 rings (SSSR count). The fraction of sp³-hybridized carbons (Fsp3) is 0.375.